The van der Waals surface area contributed by atoms with Crippen molar-refractivity contribution < 1.29 is 23.3 Å². The van der Waals surface area contributed by atoms with E-state index in [1.54, 1.807) is 14.1 Å². The van der Waals surface area contributed by atoms with Crippen molar-refractivity contribution in [2.45, 2.75) is 122 Å². The van der Waals surface area contributed by atoms with Crippen molar-refractivity contribution in [2.24, 2.45) is 5.92 Å². The van der Waals surface area contributed by atoms with Gasteiger partial charge in [-0.1, -0.05) is 96.8 Å². The van der Waals surface area contributed by atoms with E-state index in [-0.39, 0.29) is 42.1 Å². The quantitative estimate of drug-likeness (QED) is 0.144. The van der Waals surface area contributed by atoms with Crippen LogP contribution in [-0.4, -0.2) is 43.9 Å². The van der Waals surface area contributed by atoms with E-state index in [9.17, 15) is 14.7 Å². The Morgan fingerprint density at radius 3 is 1.58 bits per heavy atom. The lowest BCUT2D eigenvalue weighted by atomic mass is 9.95. The third kappa shape index (κ3) is 25.5. The molecule has 4 nitrogen and oxygen atoms in total. The number of carbonyl (C=O) groups is 2. The van der Waals surface area contributed by atoms with Crippen molar-refractivity contribution in [3.05, 3.63) is 0 Å². The van der Waals surface area contributed by atoms with Crippen LogP contribution in [0.15, 0.2) is 0 Å². The molecule has 0 fully saturated rings. The Balaban J connectivity index is 0. The molecule has 0 spiro atoms. The lowest BCUT2D eigenvalue weighted by Gasteiger charge is -2.29. The minimum absolute atomic E-state index is 0. The van der Waals surface area contributed by atoms with Gasteiger partial charge in [-0.05, 0) is 12.8 Å². The lowest BCUT2D eigenvalue weighted by molar-refractivity contribution is -0.873. The number of carboxylic acids is 1. The molecule has 0 bridgehead atoms. The van der Waals surface area contributed by atoms with Gasteiger partial charge in [-0.15, -0.1) is 12.4 Å². The molecule has 0 saturated carbocycles. The molecule has 0 aromatic heterocycles. The summed E-state index contributed by atoms with van der Waals surface area (Å²) in [6, 6.07) is 0. The van der Waals surface area contributed by atoms with Gasteiger partial charge in [0.15, 0.2) is 0 Å². The molecule has 0 aromatic rings. The molecule has 0 N–H and O–H groups in total. The van der Waals surface area contributed by atoms with Crippen LogP contribution in [0, 0.1) is 5.92 Å². The number of carbonyl (C=O) groups excluding carboxylic acids is 2. The van der Waals surface area contributed by atoms with Crippen LogP contribution in [0.25, 0.3) is 0 Å². The molecule has 0 aliphatic carbocycles. The van der Waals surface area contributed by atoms with Gasteiger partial charge in [0.1, 0.15) is 5.78 Å². The normalized spacial score (nSPS) is 14.2. The van der Waals surface area contributed by atoms with Crippen LogP contribution in [0.5, 0.6) is 0 Å². The number of rotatable bonds is 22. The molecule has 0 radical (unpaired) electrons. The van der Waals surface area contributed by atoms with Crippen LogP contribution < -0.4 is 5.11 Å². The van der Waals surface area contributed by atoms with Crippen LogP contribution in [0.3, 0.4) is 0 Å². The zero-order valence-electron chi connectivity index (χ0n) is 23.6. The number of nitrogens with zero attached hydrogens (tertiary/aromatic N) is 1. The first-order chi connectivity index (χ1) is 15.5. The van der Waals surface area contributed by atoms with Crippen LogP contribution in [0.2, 0.25) is 0 Å². The number of quaternary nitrogens is 1. The fourth-order valence-electron chi connectivity index (χ4n) is 4.20. The lowest BCUT2D eigenvalue weighted by Crippen LogP contribution is -2.41. The molecule has 5 heteroatoms. The molecule has 0 amide bonds. The highest BCUT2D eigenvalue weighted by Crippen LogP contribution is 2.17. The Morgan fingerprint density at radius 2 is 1.19 bits per heavy atom. The second kappa shape index (κ2) is 21.2. The summed E-state index contributed by atoms with van der Waals surface area (Å²) in [7, 11) is 3.10. The highest BCUT2D eigenvalue weighted by molar-refractivity contribution is 5.85. The topological polar surface area (TPSA) is 57.2 Å². The van der Waals surface area contributed by atoms with Gasteiger partial charge in [-0.2, -0.15) is 0 Å². The van der Waals surface area contributed by atoms with E-state index in [1.165, 1.54) is 77.0 Å². The maximum Gasteiger partial charge on any atom is 0.133 e. The van der Waals surface area contributed by atoms with Crippen LogP contribution in [-0.2, 0) is 9.59 Å². The summed E-state index contributed by atoms with van der Waals surface area (Å²) >= 11 is 0. The Labute approximate surface area is 203 Å². The van der Waals surface area contributed by atoms with Gasteiger partial charge in [-0.3, -0.25) is 4.79 Å². The van der Waals surface area contributed by atoms with Crippen LogP contribution >= 0.6 is 12.4 Å². The maximum absolute atomic E-state index is 12.3. The first-order valence-electron chi connectivity index (χ1n) is 14.0. The zero-order chi connectivity index (χ0) is 25.2. The fraction of sp³-hybridized carbons (Fsp3) is 0.923. The standard InChI is InChI=1S/C26H51NO3.ClH/c1-5-6-7-8-9-10-11-12-13-14-15-16-17-18-19-20-25(28)21-24(22-26(29)30)23-27(2,3)4;/h24H,5-23H2,1-4H3;1H/t24-;/m1./s1/i2D3;. The minimum Gasteiger partial charge on any atom is -0.550 e. The summed E-state index contributed by atoms with van der Waals surface area (Å²) in [5, 5.41) is 11.1. The monoisotopic (exact) mass is 464 g/mol. The molecule has 0 aliphatic heterocycles. The van der Waals surface area contributed by atoms with Gasteiger partial charge >= 0.3 is 0 Å². The Kier molecular flexibility index (Phi) is 18.3. The molecular formula is C26H52ClNO3. The van der Waals surface area contributed by atoms with E-state index in [2.05, 4.69) is 6.92 Å². The summed E-state index contributed by atoms with van der Waals surface area (Å²) in [5.41, 5.74) is 0. The third-order valence-corrected chi connectivity index (χ3v) is 5.75. The number of unbranched alkanes of at least 4 members (excludes halogenated alkanes) is 14. The van der Waals surface area contributed by atoms with E-state index in [1.807, 2.05) is 0 Å². The molecule has 0 heterocycles. The highest BCUT2D eigenvalue weighted by Gasteiger charge is 2.21. The Bertz CT molecular complexity index is 528. The minimum atomic E-state index is -2.25. The second-order valence-corrected chi connectivity index (χ2v) is 9.75. The number of hydrogen-bond acceptors (Lipinski definition) is 3. The predicted octanol–water partition coefficient (Wildman–Crippen LogP) is 6.09. The van der Waals surface area contributed by atoms with Crippen molar-refractivity contribution in [1.82, 2.24) is 0 Å². The van der Waals surface area contributed by atoms with Crippen molar-refractivity contribution >= 4 is 24.2 Å². The van der Waals surface area contributed by atoms with Gasteiger partial charge in [0.2, 0.25) is 0 Å². The average Bonchev–Trinajstić information content (AvgIpc) is 2.69. The summed E-state index contributed by atoms with van der Waals surface area (Å²) in [6.45, 7) is 0.127. The van der Waals surface area contributed by atoms with Crippen molar-refractivity contribution in [2.75, 3.05) is 27.6 Å². The summed E-state index contributed by atoms with van der Waals surface area (Å²) < 4.78 is 22.6. The second-order valence-electron chi connectivity index (χ2n) is 9.75. The molecule has 31 heavy (non-hydrogen) atoms. The molecule has 1 atom stereocenters. The van der Waals surface area contributed by atoms with Crippen molar-refractivity contribution in [3.63, 3.8) is 0 Å². The average molecular weight is 465 g/mol. The van der Waals surface area contributed by atoms with E-state index in [4.69, 9.17) is 4.11 Å². The Hall–Kier alpha value is -0.610. The Morgan fingerprint density at radius 1 is 0.774 bits per heavy atom. The molecule has 0 saturated heterocycles. The number of hydrogen-bond donors (Lipinski definition) is 0. The number of ketones is 1. The van der Waals surface area contributed by atoms with Crippen molar-refractivity contribution in [3.8, 4) is 0 Å². The van der Waals surface area contributed by atoms with Gasteiger partial charge in [0, 0.05) is 24.7 Å². The van der Waals surface area contributed by atoms with Crippen molar-refractivity contribution in [1.29, 1.82) is 0 Å². The predicted molar refractivity (Wildman–Crippen MR) is 132 cm³/mol. The van der Waals surface area contributed by atoms with E-state index in [0.29, 0.717) is 6.42 Å². The number of halogens is 1. The van der Waals surface area contributed by atoms with Crippen LogP contribution in [0.4, 0.5) is 0 Å². The largest absolute Gasteiger partial charge is 0.550 e. The summed E-state index contributed by atoms with van der Waals surface area (Å²) in [5.74, 6) is -1.71. The van der Waals surface area contributed by atoms with E-state index in [0.717, 1.165) is 19.3 Å². The summed E-state index contributed by atoms with van der Waals surface area (Å²) in [4.78, 5) is 23.4. The van der Waals surface area contributed by atoms with Gasteiger partial charge < -0.3 is 14.4 Å². The van der Waals surface area contributed by atoms with Crippen LogP contribution in [0.1, 0.15) is 127 Å². The third-order valence-electron chi connectivity index (χ3n) is 5.75. The van der Waals surface area contributed by atoms with E-state index >= 15 is 0 Å². The number of Topliss-reactive ketones (excluding diaryl/α,β-unsaturated/α-hetero) is 1. The first kappa shape index (κ1) is 26.6. The fourth-order valence-corrected chi connectivity index (χ4v) is 4.20. The first-order valence-corrected chi connectivity index (χ1v) is 12.5. The maximum atomic E-state index is 12.3. The molecule has 186 valence electrons. The number of carboxylic acid groups (broad SMARTS) is 1. The smallest absolute Gasteiger partial charge is 0.133 e. The zero-order valence-corrected chi connectivity index (χ0v) is 21.4. The molecule has 0 unspecified atom stereocenters. The summed E-state index contributed by atoms with van der Waals surface area (Å²) in [6.07, 6.45) is 19.4. The SMILES string of the molecule is Cl.[2H]C([2H])([2H])[N+](C)(C)C[C@@H](CC(=O)[O-])CC(=O)CCCCCCCCCCCCCCCCC. The highest BCUT2D eigenvalue weighted by atomic mass is 35.5. The molecule has 0 aromatic carbocycles. The molecule has 0 rings (SSSR count). The van der Waals surface area contributed by atoms with Gasteiger partial charge in [-0.25, -0.2) is 0 Å². The molecular weight excluding hydrogens is 410 g/mol. The number of aliphatic carboxylic acids is 1. The van der Waals surface area contributed by atoms with E-state index < -0.39 is 18.9 Å². The van der Waals surface area contributed by atoms with Gasteiger partial charge in [0.05, 0.1) is 31.7 Å². The molecule has 0 aliphatic rings. The van der Waals surface area contributed by atoms with Gasteiger partial charge in [0.25, 0.3) is 0 Å².